The number of amides is 1. The highest BCUT2D eigenvalue weighted by molar-refractivity contribution is 9.10. The maximum atomic E-state index is 12.4. The van der Waals surface area contributed by atoms with Crippen LogP contribution in [0.1, 0.15) is 16.8 Å². The largest absolute Gasteiger partial charge is 0.354 e. The first-order valence-corrected chi connectivity index (χ1v) is 7.58. The van der Waals surface area contributed by atoms with Gasteiger partial charge in [0.15, 0.2) is 0 Å². The number of carbonyl (C=O) groups is 1. The molecule has 0 fully saturated rings. The van der Waals surface area contributed by atoms with Crippen molar-refractivity contribution in [3.05, 3.63) is 57.8 Å². The van der Waals surface area contributed by atoms with E-state index in [1.165, 1.54) is 11.3 Å². The van der Waals surface area contributed by atoms with E-state index in [0.29, 0.717) is 6.42 Å². The second kappa shape index (κ2) is 5.44. The van der Waals surface area contributed by atoms with Gasteiger partial charge < -0.3 is 9.47 Å². The van der Waals surface area contributed by atoms with Crippen LogP contribution in [-0.2, 0) is 31.2 Å². The Kier molecular flexibility index (Phi) is 3.66. The summed E-state index contributed by atoms with van der Waals surface area (Å²) in [5.41, 5.74) is 3.70. The summed E-state index contributed by atoms with van der Waals surface area (Å²) in [4.78, 5) is 14.4. The third-order valence-corrected chi connectivity index (χ3v) is 4.37. The summed E-state index contributed by atoms with van der Waals surface area (Å²) in [6.07, 6.45) is 3.50. The molecule has 3 rings (SSSR count). The Hall–Kier alpha value is -1.55. The average Bonchev–Trinajstić information content (AvgIpc) is 2.80. The molecule has 4 heteroatoms. The topological polar surface area (TPSA) is 25.2 Å². The lowest BCUT2D eigenvalue weighted by atomic mass is 10.1. The fraction of sp³-hybridized carbons (Fsp3) is 0.312. The summed E-state index contributed by atoms with van der Waals surface area (Å²) in [7, 11) is 2.07. The quantitative estimate of drug-likeness (QED) is 0.830. The van der Waals surface area contributed by atoms with Crippen molar-refractivity contribution in [2.75, 3.05) is 6.54 Å². The smallest absolute Gasteiger partial charge is 0.227 e. The van der Waals surface area contributed by atoms with Crippen molar-refractivity contribution in [3.8, 4) is 0 Å². The molecule has 0 atom stereocenters. The summed E-state index contributed by atoms with van der Waals surface area (Å²) in [6, 6.07) is 10.1. The molecule has 104 valence electrons. The molecule has 3 nitrogen and oxygen atoms in total. The van der Waals surface area contributed by atoms with Gasteiger partial charge in [-0.15, -0.1) is 0 Å². The van der Waals surface area contributed by atoms with Gasteiger partial charge in [0, 0.05) is 42.9 Å². The second-order valence-corrected chi connectivity index (χ2v) is 6.19. The van der Waals surface area contributed by atoms with E-state index in [-0.39, 0.29) is 5.91 Å². The van der Waals surface area contributed by atoms with Crippen LogP contribution in [0.2, 0.25) is 0 Å². The number of fused-ring (bicyclic) bond motifs is 1. The molecule has 0 unspecified atom stereocenters. The SMILES string of the molecule is Cn1ccc2c1CCN(C(=O)Cc1cccc(Br)c1)C2. The van der Waals surface area contributed by atoms with Crippen LogP contribution in [0.3, 0.4) is 0 Å². The zero-order chi connectivity index (χ0) is 14.1. The Labute approximate surface area is 127 Å². The minimum absolute atomic E-state index is 0.206. The van der Waals surface area contributed by atoms with E-state index in [9.17, 15) is 4.79 Å². The Morgan fingerprint density at radius 2 is 2.20 bits per heavy atom. The van der Waals surface area contributed by atoms with Gasteiger partial charge in [0.1, 0.15) is 0 Å². The summed E-state index contributed by atoms with van der Waals surface area (Å²) in [5.74, 6) is 0.206. The van der Waals surface area contributed by atoms with E-state index in [0.717, 1.165) is 29.5 Å². The average molecular weight is 333 g/mol. The van der Waals surface area contributed by atoms with Crippen molar-refractivity contribution in [2.24, 2.45) is 7.05 Å². The van der Waals surface area contributed by atoms with Crippen molar-refractivity contribution in [1.29, 1.82) is 0 Å². The van der Waals surface area contributed by atoms with E-state index in [2.05, 4.69) is 39.8 Å². The zero-order valence-corrected chi connectivity index (χ0v) is 13.1. The molecule has 0 aliphatic carbocycles. The number of hydrogen-bond donors (Lipinski definition) is 0. The summed E-state index contributed by atoms with van der Waals surface area (Å²) >= 11 is 3.44. The van der Waals surface area contributed by atoms with E-state index in [1.807, 2.05) is 29.2 Å². The molecular formula is C16H17BrN2O. The number of halogens is 1. The molecule has 20 heavy (non-hydrogen) atoms. The molecule has 1 aromatic heterocycles. The van der Waals surface area contributed by atoms with E-state index in [4.69, 9.17) is 0 Å². The van der Waals surface area contributed by atoms with E-state index in [1.54, 1.807) is 0 Å². The molecular weight excluding hydrogens is 316 g/mol. The normalized spacial score (nSPS) is 14.2. The Morgan fingerprint density at radius 1 is 1.35 bits per heavy atom. The first-order valence-electron chi connectivity index (χ1n) is 6.79. The minimum Gasteiger partial charge on any atom is -0.354 e. The molecule has 0 saturated heterocycles. The van der Waals surface area contributed by atoms with Gasteiger partial charge in [-0.2, -0.15) is 0 Å². The van der Waals surface area contributed by atoms with Crippen LogP contribution in [0.5, 0.6) is 0 Å². The van der Waals surface area contributed by atoms with Gasteiger partial charge >= 0.3 is 0 Å². The predicted molar refractivity (Wildman–Crippen MR) is 82.4 cm³/mol. The lowest BCUT2D eigenvalue weighted by Gasteiger charge is -2.28. The van der Waals surface area contributed by atoms with Gasteiger partial charge in [0.25, 0.3) is 0 Å². The van der Waals surface area contributed by atoms with Crippen LogP contribution in [0.15, 0.2) is 41.0 Å². The fourth-order valence-electron chi connectivity index (χ4n) is 2.77. The molecule has 0 N–H and O–H groups in total. The summed E-state index contributed by atoms with van der Waals surface area (Å²) in [6.45, 7) is 1.56. The number of rotatable bonds is 2. The number of aryl methyl sites for hydroxylation is 1. The lowest BCUT2D eigenvalue weighted by molar-refractivity contribution is -0.131. The standard InChI is InChI=1S/C16H17BrN2O/c1-18-7-5-13-11-19(8-6-15(13)18)16(20)10-12-3-2-4-14(17)9-12/h2-5,7,9H,6,8,10-11H2,1H3. The third kappa shape index (κ3) is 2.66. The van der Waals surface area contributed by atoms with Crippen LogP contribution >= 0.6 is 15.9 Å². The molecule has 1 aliphatic rings. The Balaban J connectivity index is 1.70. The van der Waals surface area contributed by atoms with E-state index < -0.39 is 0 Å². The van der Waals surface area contributed by atoms with Gasteiger partial charge in [0.05, 0.1) is 6.42 Å². The molecule has 0 bridgehead atoms. The predicted octanol–water partition coefficient (Wildman–Crippen LogP) is 2.92. The summed E-state index contributed by atoms with van der Waals surface area (Å²) in [5, 5.41) is 0. The Bertz CT molecular complexity index is 648. The Morgan fingerprint density at radius 3 is 3.00 bits per heavy atom. The van der Waals surface area contributed by atoms with Gasteiger partial charge in [-0.05, 0) is 29.3 Å². The molecule has 2 heterocycles. The molecule has 0 spiro atoms. The van der Waals surface area contributed by atoms with Gasteiger partial charge in [-0.3, -0.25) is 4.79 Å². The van der Waals surface area contributed by atoms with Crippen molar-refractivity contribution >= 4 is 21.8 Å². The maximum Gasteiger partial charge on any atom is 0.227 e. The van der Waals surface area contributed by atoms with Crippen molar-refractivity contribution in [2.45, 2.75) is 19.4 Å². The lowest BCUT2D eigenvalue weighted by Crippen LogP contribution is -2.37. The van der Waals surface area contributed by atoms with Crippen LogP contribution < -0.4 is 0 Å². The second-order valence-electron chi connectivity index (χ2n) is 5.27. The summed E-state index contributed by atoms with van der Waals surface area (Å²) < 4.78 is 3.18. The third-order valence-electron chi connectivity index (χ3n) is 3.87. The van der Waals surface area contributed by atoms with Crippen LogP contribution in [0, 0.1) is 0 Å². The number of aromatic nitrogens is 1. The number of hydrogen-bond acceptors (Lipinski definition) is 1. The number of carbonyl (C=O) groups excluding carboxylic acids is 1. The molecule has 2 aromatic rings. The fourth-order valence-corrected chi connectivity index (χ4v) is 3.21. The maximum absolute atomic E-state index is 12.4. The molecule has 1 aliphatic heterocycles. The van der Waals surface area contributed by atoms with Crippen molar-refractivity contribution < 1.29 is 4.79 Å². The van der Waals surface area contributed by atoms with Crippen LogP contribution in [-0.4, -0.2) is 21.9 Å². The molecule has 1 aromatic carbocycles. The minimum atomic E-state index is 0.206. The van der Waals surface area contributed by atoms with E-state index >= 15 is 0 Å². The monoisotopic (exact) mass is 332 g/mol. The first-order chi connectivity index (χ1) is 9.63. The number of benzene rings is 1. The van der Waals surface area contributed by atoms with Gasteiger partial charge in [-0.25, -0.2) is 0 Å². The van der Waals surface area contributed by atoms with Crippen molar-refractivity contribution in [3.63, 3.8) is 0 Å². The van der Waals surface area contributed by atoms with Crippen LogP contribution in [0.25, 0.3) is 0 Å². The zero-order valence-electron chi connectivity index (χ0n) is 11.5. The van der Waals surface area contributed by atoms with Gasteiger partial charge in [0.2, 0.25) is 5.91 Å². The highest BCUT2D eigenvalue weighted by atomic mass is 79.9. The highest BCUT2D eigenvalue weighted by Crippen LogP contribution is 2.20. The first kappa shape index (κ1) is 13.4. The van der Waals surface area contributed by atoms with Crippen molar-refractivity contribution in [1.82, 2.24) is 9.47 Å². The van der Waals surface area contributed by atoms with Crippen LogP contribution in [0.4, 0.5) is 0 Å². The molecule has 1 amide bonds. The molecule has 0 radical (unpaired) electrons. The molecule has 0 saturated carbocycles. The van der Waals surface area contributed by atoms with Gasteiger partial charge in [-0.1, -0.05) is 28.1 Å². The number of nitrogens with zero attached hydrogens (tertiary/aromatic N) is 2. The highest BCUT2D eigenvalue weighted by Gasteiger charge is 2.22.